The number of carbonyl (C=O) groups excluding carboxylic acids is 1. The molecular weight excluding hydrogens is 278 g/mol. The van der Waals surface area contributed by atoms with E-state index in [0.717, 1.165) is 11.3 Å². The minimum absolute atomic E-state index is 0.0559. The van der Waals surface area contributed by atoms with E-state index in [0.29, 0.717) is 5.76 Å². The quantitative estimate of drug-likeness (QED) is 0.825. The second-order valence-electron chi connectivity index (χ2n) is 5.35. The van der Waals surface area contributed by atoms with Crippen molar-refractivity contribution in [2.45, 2.75) is 19.9 Å². The lowest BCUT2D eigenvalue weighted by atomic mass is 9.96. The molecule has 0 fully saturated rings. The predicted octanol–water partition coefficient (Wildman–Crippen LogP) is 3.81. The SMILES string of the molecule is COc1ccc([C@@H](NC(=O)/C=C/c2ccco2)C(C)C)cc1. The molecule has 0 aliphatic heterocycles. The van der Waals surface area contributed by atoms with Gasteiger partial charge in [0.15, 0.2) is 0 Å². The molecule has 0 saturated heterocycles. The van der Waals surface area contributed by atoms with Crippen molar-refractivity contribution in [2.75, 3.05) is 7.11 Å². The van der Waals surface area contributed by atoms with E-state index in [1.54, 1.807) is 31.6 Å². The minimum atomic E-state index is -0.147. The summed E-state index contributed by atoms with van der Waals surface area (Å²) in [4.78, 5) is 12.1. The summed E-state index contributed by atoms with van der Waals surface area (Å²) >= 11 is 0. The second-order valence-corrected chi connectivity index (χ2v) is 5.35. The maximum Gasteiger partial charge on any atom is 0.244 e. The van der Waals surface area contributed by atoms with Crippen molar-refractivity contribution in [3.05, 3.63) is 60.1 Å². The van der Waals surface area contributed by atoms with Crippen molar-refractivity contribution < 1.29 is 13.9 Å². The van der Waals surface area contributed by atoms with Crippen LogP contribution in [0.2, 0.25) is 0 Å². The molecule has 1 atom stereocenters. The Morgan fingerprint density at radius 3 is 2.50 bits per heavy atom. The molecule has 1 aromatic heterocycles. The van der Waals surface area contributed by atoms with Gasteiger partial charge in [-0.05, 0) is 41.8 Å². The van der Waals surface area contributed by atoms with Gasteiger partial charge in [0.05, 0.1) is 19.4 Å². The van der Waals surface area contributed by atoms with Crippen LogP contribution in [-0.4, -0.2) is 13.0 Å². The number of rotatable bonds is 6. The lowest BCUT2D eigenvalue weighted by Gasteiger charge is -2.22. The zero-order chi connectivity index (χ0) is 15.9. The number of furan rings is 1. The number of nitrogens with one attached hydrogen (secondary N) is 1. The van der Waals surface area contributed by atoms with Crippen LogP contribution in [0.1, 0.15) is 31.2 Å². The first-order valence-electron chi connectivity index (χ1n) is 7.26. The number of benzene rings is 1. The minimum Gasteiger partial charge on any atom is -0.497 e. The highest BCUT2D eigenvalue weighted by atomic mass is 16.5. The molecule has 4 nitrogen and oxygen atoms in total. The summed E-state index contributed by atoms with van der Waals surface area (Å²) < 4.78 is 10.3. The molecular formula is C18H21NO3. The molecule has 0 aliphatic rings. The average molecular weight is 299 g/mol. The third kappa shape index (κ3) is 4.25. The van der Waals surface area contributed by atoms with Crippen LogP contribution < -0.4 is 10.1 Å². The molecule has 1 amide bonds. The Balaban J connectivity index is 2.06. The molecule has 4 heteroatoms. The van der Waals surface area contributed by atoms with E-state index in [-0.39, 0.29) is 17.9 Å². The number of methoxy groups -OCH3 is 1. The molecule has 2 aromatic rings. The normalized spacial score (nSPS) is 12.5. The van der Waals surface area contributed by atoms with Crippen LogP contribution in [0, 0.1) is 5.92 Å². The monoisotopic (exact) mass is 299 g/mol. The van der Waals surface area contributed by atoms with Crippen molar-refractivity contribution in [2.24, 2.45) is 5.92 Å². The van der Waals surface area contributed by atoms with Gasteiger partial charge in [-0.1, -0.05) is 26.0 Å². The lowest BCUT2D eigenvalue weighted by Crippen LogP contribution is -2.30. The Hall–Kier alpha value is -2.49. The van der Waals surface area contributed by atoms with Gasteiger partial charge in [0, 0.05) is 6.08 Å². The predicted molar refractivity (Wildman–Crippen MR) is 86.5 cm³/mol. The first kappa shape index (κ1) is 15.9. The Bertz CT molecular complexity index is 612. The highest BCUT2D eigenvalue weighted by Crippen LogP contribution is 2.23. The molecule has 0 aliphatic carbocycles. The summed E-state index contributed by atoms with van der Waals surface area (Å²) in [5.41, 5.74) is 1.05. The maximum absolute atomic E-state index is 12.1. The number of amides is 1. The van der Waals surface area contributed by atoms with E-state index < -0.39 is 0 Å². The van der Waals surface area contributed by atoms with Crippen molar-refractivity contribution in [3.8, 4) is 5.75 Å². The van der Waals surface area contributed by atoms with E-state index in [2.05, 4.69) is 19.2 Å². The number of hydrogen-bond acceptors (Lipinski definition) is 3. The van der Waals surface area contributed by atoms with Gasteiger partial charge >= 0.3 is 0 Å². The molecule has 1 heterocycles. The Morgan fingerprint density at radius 1 is 1.23 bits per heavy atom. The van der Waals surface area contributed by atoms with Crippen molar-refractivity contribution in [3.63, 3.8) is 0 Å². The summed E-state index contributed by atoms with van der Waals surface area (Å²) in [6.45, 7) is 4.15. The molecule has 0 saturated carbocycles. The summed E-state index contributed by atoms with van der Waals surface area (Å²) in [6.07, 6.45) is 4.71. The summed E-state index contributed by atoms with van der Waals surface area (Å²) in [5, 5.41) is 3.02. The fourth-order valence-corrected chi connectivity index (χ4v) is 2.19. The average Bonchev–Trinajstić information content (AvgIpc) is 3.04. The van der Waals surface area contributed by atoms with Crippen LogP contribution in [0.15, 0.2) is 53.2 Å². The second kappa shape index (κ2) is 7.50. The van der Waals surface area contributed by atoms with Gasteiger partial charge in [-0.15, -0.1) is 0 Å². The zero-order valence-corrected chi connectivity index (χ0v) is 13.1. The van der Waals surface area contributed by atoms with Crippen molar-refractivity contribution >= 4 is 12.0 Å². The molecule has 1 N–H and O–H groups in total. The molecule has 116 valence electrons. The highest BCUT2D eigenvalue weighted by molar-refractivity contribution is 5.91. The van der Waals surface area contributed by atoms with E-state index in [4.69, 9.17) is 9.15 Å². The van der Waals surface area contributed by atoms with Crippen LogP contribution in [-0.2, 0) is 4.79 Å². The van der Waals surface area contributed by atoms with Crippen LogP contribution in [0.5, 0.6) is 5.75 Å². The molecule has 0 spiro atoms. The van der Waals surface area contributed by atoms with Gasteiger partial charge in [-0.3, -0.25) is 4.79 Å². The van der Waals surface area contributed by atoms with Crippen LogP contribution >= 0.6 is 0 Å². The summed E-state index contributed by atoms with van der Waals surface area (Å²) in [5.74, 6) is 1.58. The molecule has 22 heavy (non-hydrogen) atoms. The number of ether oxygens (including phenoxy) is 1. The van der Waals surface area contributed by atoms with E-state index in [1.165, 1.54) is 6.08 Å². The molecule has 0 bridgehead atoms. The molecule has 0 unspecified atom stereocenters. The third-order valence-electron chi connectivity index (χ3n) is 3.38. The lowest BCUT2D eigenvalue weighted by molar-refractivity contribution is -0.117. The molecule has 2 rings (SSSR count). The van der Waals surface area contributed by atoms with Gasteiger partial charge in [-0.25, -0.2) is 0 Å². The maximum atomic E-state index is 12.1. The smallest absolute Gasteiger partial charge is 0.244 e. The Labute approximate surface area is 130 Å². The van der Waals surface area contributed by atoms with Crippen molar-refractivity contribution in [1.29, 1.82) is 0 Å². The third-order valence-corrected chi connectivity index (χ3v) is 3.38. The number of hydrogen-bond donors (Lipinski definition) is 1. The van der Waals surface area contributed by atoms with Crippen LogP contribution in [0.3, 0.4) is 0 Å². The zero-order valence-electron chi connectivity index (χ0n) is 13.1. The van der Waals surface area contributed by atoms with E-state index >= 15 is 0 Å². The number of carbonyl (C=O) groups is 1. The Morgan fingerprint density at radius 2 is 1.95 bits per heavy atom. The standard InChI is InChI=1S/C18H21NO3/c1-13(2)18(14-6-8-15(21-3)9-7-14)19-17(20)11-10-16-5-4-12-22-16/h4-13,18H,1-3H3,(H,19,20)/b11-10+/t18-/m0/s1. The van der Waals surface area contributed by atoms with Gasteiger partial charge in [-0.2, -0.15) is 0 Å². The summed E-state index contributed by atoms with van der Waals surface area (Å²) in [7, 11) is 1.64. The van der Waals surface area contributed by atoms with Gasteiger partial charge in [0.1, 0.15) is 11.5 Å². The molecule has 1 aromatic carbocycles. The Kier molecular flexibility index (Phi) is 5.42. The van der Waals surface area contributed by atoms with Crippen molar-refractivity contribution in [1.82, 2.24) is 5.32 Å². The van der Waals surface area contributed by atoms with E-state index in [1.807, 2.05) is 24.3 Å². The van der Waals surface area contributed by atoms with Gasteiger partial charge < -0.3 is 14.5 Å². The largest absolute Gasteiger partial charge is 0.497 e. The topological polar surface area (TPSA) is 51.5 Å². The van der Waals surface area contributed by atoms with Gasteiger partial charge in [0.25, 0.3) is 0 Å². The fourth-order valence-electron chi connectivity index (χ4n) is 2.19. The molecule has 0 radical (unpaired) electrons. The van der Waals surface area contributed by atoms with Crippen LogP contribution in [0.25, 0.3) is 6.08 Å². The van der Waals surface area contributed by atoms with E-state index in [9.17, 15) is 4.79 Å². The first-order chi connectivity index (χ1) is 10.6. The summed E-state index contributed by atoms with van der Waals surface area (Å²) in [6, 6.07) is 11.3. The fraction of sp³-hybridized carbons (Fsp3) is 0.278. The van der Waals surface area contributed by atoms with Crippen LogP contribution in [0.4, 0.5) is 0 Å². The van der Waals surface area contributed by atoms with Gasteiger partial charge in [0.2, 0.25) is 5.91 Å². The first-order valence-corrected chi connectivity index (χ1v) is 7.26. The highest BCUT2D eigenvalue weighted by Gasteiger charge is 2.17.